The summed E-state index contributed by atoms with van der Waals surface area (Å²) in [5, 5.41) is 4.13. The van der Waals surface area contributed by atoms with Crippen LogP contribution in [0.15, 0.2) is 64.9 Å². The highest BCUT2D eigenvalue weighted by atomic mass is 32.2. The number of thiophene rings is 1. The van der Waals surface area contributed by atoms with Crippen molar-refractivity contribution in [3.8, 4) is 0 Å². The first-order valence-corrected chi connectivity index (χ1v) is 11.5. The molecule has 0 fully saturated rings. The largest absolute Gasteiger partial charge is 0.462 e. The molecule has 1 N–H and O–H groups in total. The molecule has 0 saturated carbocycles. The molecule has 0 atom stereocenters. The number of hydrogen-bond acceptors (Lipinski definition) is 6. The topological polar surface area (TPSA) is 92.8 Å². The fourth-order valence-corrected chi connectivity index (χ4v) is 5.19. The summed E-state index contributed by atoms with van der Waals surface area (Å²) >= 11 is 0.981. The molecule has 0 saturated heterocycles. The van der Waals surface area contributed by atoms with Crippen molar-refractivity contribution in [3.63, 3.8) is 0 Å². The first kappa shape index (κ1) is 22.4. The van der Waals surface area contributed by atoms with E-state index in [2.05, 4.69) is 5.32 Å². The predicted molar refractivity (Wildman–Crippen MR) is 117 cm³/mol. The number of carbonyl (C=O) groups excluding carboxylic acids is 2. The standard InChI is InChI=1S/C21H19FN2O5S2/c1-3-29-21(26)14-4-8-16(9-5-14)23-20(25)19-18(12-13-30-19)31(27,28)24(2)17-10-6-15(22)7-11-17/h4-13H,3H2,1-2H3,(H,23,25). The maximum absolute atomic E-state index is 13.2. The monoisotopic (exact) mass is 462 g/mol. The number of nitrogens with zero attached hydrogens (tertiary/aromatic N) is 1. The van der Waals surface area contributed by atoms with Crippen molar-refractivity contribution in [2.45, 2.75) is 11.8 Å². The van der Waals surface area contributed by atoms with E-state index < -0.39 is 27.7 Å². The van der Waals surface area contributed by atoms with Gasteiger partial charge in [0.15, 0.2) is 0 Å². The SMILES string of the molecule is CCOC(=O)c1ccc(NC(=O)c2sccc2S(=O)(=O)N(C)c2ccc(F)cc2)cc1. The van der Waals surface area contributed by atoms with E-state index in [0.717, 1.165) is 27.8 Å². The summed E-state index contributed by atoms with van der Waals surface area (Å²) in [6, 6.07) is 12.4. The van der Waals surface area contributed by atoms with Gasteiger partial charge in [0.25, 0.3) is 15.9 Å². The van der Waals surface area contributed by atoms with Gasteiger partial charge in [0, 0.05) is 12.7 Å². The van der Waals surface area contributed by atoms with Crippen molar-refractivity contribution in [2.75, 3.05) is 23.3 Å². The van der Waals surface area contributed by atoms with Gasteiger partial charge in [-0.2, -0.15) is 0 Å². The van der Waals surface area contributed by atoms with Gasteiger partial charge < -0.3 is 10.1 Å². The van der Waals surface area contributed by atoms with E-state index in [-0.39, 0.29) is 22.1 Å². The highest BCUT2D eigenvalue weighted by molar-refractivity contribution is 7.93. The van der Waals surface area contributed by atoms with E-state index >= 15 is 0 Å². The molecule has 0 aliphatic rings. The molecule has 0 aliphatic heterocycles. The first-order chi connectivity index (χ1) is 14.7. The first-order valence-electron chi connectivity index (χ1n) is 9.14. The number of amides is 1. The van der Waals surface area contributed by atoms with E-state index in [4.69, 9.17) is 4.74 Å². The molecule has 0 bridgehead atoms. The van der Waals surface area contributed by atoms with Gasteiger partial charge >= 0.3 is 5.97 Å². The molecule has 10 heteroatoms. The van der Waals surface area contributed by atoms with E-state index in [1.165, 1.54) is 54.9 Å². The Morgan fingerprint density at radius 1 is 1.06 bits per heavy atom. The lowest BCUT2D eigenvalue weighted by Crippen LogP contribution is -2.28. The average Bonchev–Trinajstić information content (AvgIpc) is 3.25. The molecule has 31 heavy (non-hydrogen) atoms. The number of halogens is 1. The molecule has 1 aromatic heterocycles. The number of sulfonamides is 1. The van der Waals surface area contributed by atoms with Crippen molar-refractivity contribution in [1.29, 1.82) is 0 Å². The molecule has 3 rings (SSSR count). The summed E-state index contributed by atoms with van der Waals surface area (Å²) < 4.78 is 45.1. The zero-order valence-corrected chi connectivity index (χ0v) is 18.3. The quantitative estimate of drug-likeness (QED) is 0.533. The van der Waals surface area contributed by atoms with Gasteiger partial charge in [0.2, 0.25) is 0 Å². The molecular formula is C21H19FN2O5S2. The van der Waals surface area contributed by atoms with E-state index in [0.29, 0.717) is 11.3 Å². The third-order valence-corrected chi connectivity index (χ3v) is 7.19. The summed E-state index contributed by atoms with van der Waals surface area (Å²) in [6.07, 6.45) is 0. The Morgan fingerprint density at radius 3 is 2.32 bits per heavy atom. The number of carbonyl (C=O) groups is 2. The maximum atomic E-state index is 13.2. The highest BCUT2D eigenvalue weighted by Crippen LogP contribution is 2.28. The Labute approximate surface area is 183 Å². The van der Waals surface area contributed by atoms with Crippen LogP contribution in [-0.4, -0.2) is 33.9 Å². The third-order valence-electron chi connectivity index (χ3n) is 4.32. The molecule has 3 aromatic rings. The zero-order valence-electron chi connectivity index (χ0n) is 16.7. The van der Waals surface area contributed by atoms with Crippen LogP contribution < -0.4 is 9.62 Å². The Bertz CT molecular complexity index is 1190. The van der Waals surface area contributed by atoms with Crippen LogP contribution in [0.2, 0.25) is 0 Å². The minimum Gasteiger partial charge on any atom is -0.462 e. The number of ether oxygens (including phenoxy) is 1. The maximum Gasteiger partial charge on any atom is 0.338 e. The predicted octanol–water partition coefficient (Wildman–Crippen LogP) is 4.14. The van der Waals surface area contributed by atoms with Crippen LogP contribution in [-0.2, 0) is 14.8 Å². The Kier molecular flexibility index (Phi) is 6.71. The molecule has 2 aromatic carbocycles. The molecular weight excluding hydrogens is 443 g/mol. The minimum atomic E-state index is -4.05. The van der Waals surface area contributed by atoms with Gasteiger partial charge in [-0.05, 0) is 66.9 Å². The second kappa shape index (κ2) is 9.27. The number of benzene rings is 2. The number of nitrogens with one attached hydrogen (secondary N) is 1. The number of hydrogen-bond donors (Lipinski definition) is 1. The van der Waals surface area contributed by atoms with Crippen molar-refractivity contribution in [1.82, 2.24) is 0 Å². The van der Waals surface area contributed by atoms with Crippen LogP contribution in [0.1, 0.15) is 27.0 Å². The lowest BCUT2D eigenvalue weighted by atomic mass is 10.2. The smallest absolute Gasteiger partial charge is 0.338 e. The highest BCUT2D eigenvalue weighted by Gasteiger charge is 2.28. The summed E-state index contributed by atoms with van der Waals surface area (Å²) in [7, 11) is -2.73. The normalized spacial score (nSPS) is 11.1. The van der Waals surface area contributed by atoms with Crippen molar-refractivity contribution in [3.05, 3.63) is 76.2 Å². The Hall–Kier alpha value is -3.24. The molecule has 0 aliphatic carbocycles. The lowest BCUT2D eigenvalue weighted by Gasteiger charge is -2.19. The lowest BCUT2D eigenvalue weighted by molar-refractivity contribution is 0.0526. The van der Waals surface area contributed by atoms with Crippen molar-refractivity contribution >= 4 is 44.6 Å². The summed E-state index contributed by atoms with van der Waals surface area (Å²) in [5.41, 5.74) is 0.982. The van der Waals surface area contributed by atoms with E-state index in [9.17, 15) is 22.4 Å². The van der Waals surface area contributed by atoms with Gasteiger partial charge in [0.05, 0.1) is 17.9 Å². The molecule has 0 spiro atoms. The van der Waals surface area contributed by atoms with Crippen LogP contribution in [0, 0.1) is 5.82 Å². The molecule has 0 unspecified atom stereocenters. The summed E-state index contributed by atoms with van der Waals surface area (Å²) in [4.78, 5) is 24.3. The van der Waals surface area contributed by atoms with E-state index in [1.54, 1.807) is 6.92 Å². The Balaban J connectivity index is 1.81. The van der Waals surface area contributed by atoms with Crippen LogP contribution >= 0.6 is 11.3 Å². The fraction of sp³-hybridized carbons (Fsp3) is 0.143. The summed E-state index contributed by atoms with van der Waals surface area (Å²) in [5.74, 6) is -1.57. The second-order valence-electron chi connectivity index (χ2n) is 6.31. The van der Waals surface area contributed by atoms with Crippen LogP contribution in [0.3, 0.4) is 0 Å². The molecule has 162 valence electrons. The van der Waals surface area contributed by atoms with Crippen LogP contribution in [0.25, 0.3) is 0 Å². The van der Waals surface area contributed by atoms with E-state index in [1.807, 2.05) is 0 Å². The number of anilines is 2. The van der Waals surface area contributed by atoms with Gasteiger partial charge in [-0.3, -0.25) is 9.10 Å². The molecule has 1 heterocycles. The third kappa shape index (κ3) is 4.92. The number of rotatable bonds is 7. The van der Waals surface area contributed by atoms with Gasteiger partial charge in [-0.15, -0.1) is 11.3 Å². The number of esters is 1. The minimum absolute atomic E-state index is 0.00318. The van der Waals surface area contributed by atoms with Gasteiger partial charge in [0.1, 0.15) is 15.6 Å². The molecule has 7 nitrogen and oxygen atoms in total. The van der Waals surface area contributed by atoms with Crippen LogP contribution in [0.5, 0.6) is 0 Å². The van der Waals surface area contributed by atoms with Crippen molar-refractivity contribution < 1.29 is 27.1 Å². The fourth-order valence-electron chi connectivity index (χ4n) is 2.70. The van der Waals surface area contributed by atoms with Crippen molar-refractivity contribution in [2.24, 2.45) is 0 Å². The summed E-state index contributed by atoms with van der Waals surface area (Å²) in [6.45, 7) is 1.95. The Morgan fingerprint density at radius 2 is 1.71 bits per heavy atom. The second-order valence-corrected chi connectivity index (χ2v) is 9.17. The average molecular weight is 463 g/mol. The van der Waals surface area contributed by atoms with Gasteiger partial charge in [-0.25, -0.2) is 17.6 Å². The zero-order chi connectivity index (χ0) is 22.6. The molecule has 0 radical (unpaired) electrons. The van der Waals surface area contributed by atoms with Crippen LogP contribution in [0.4, 0.5) is 15.8 Å². The molecule has 1 amide bonds. The van der Waals surface area contributed by atoms with Gasteiger partial charge in [-0.1, -0.05) is 0 Å².